The summed E-state index contributed by atoms with van der Waals surface area (Å²) in [6, 6.07) is 0.658. The van der Waals surface area contributed by atoms with E-state index in [9.17, 15) is 45.5 Å². The third kappa shape index (κ3) is 13.9. The molecule has 0 aromatic heterocycles. The van der Waals surface area contributed by atoms with Crippen LogP contribution in [0.15, 0.2) is 18.2 Å². The van der Waals surface area contributed by atoms with E-state index in [4.69, 9.17) is 25.2 Å². The normalized spacial score (nSPS) is 12.2. The van der Waals surface area contributed by atoms with Crippen LogP contribution >= 0.6 is 0 Å². The summed E-state index contributed by atoms with van der Waals surface area (Å²) in [4.78, 5) is 47.9. The molecule has 0 radical (unpaired) electrons. The van der Waals surface area contributed by atoms with E-state index in [0.717, 1.165) is 4.90 Å². The standard InChI is InChI=1S/C22H27F6N3O9/c23-21(24,25)14-7-15(22(26,27)28)9-16(8-14)40-6-5-30(11-18(34)35)2-1-29(10-17(32)33)3-4-31(12-19(36)37)13-20(38)39/h7-9H,1-6,10-13H2,(H,32,33)(H,34,35)(H,36,37)(H,38,39). The largest absolute Gasteiger partial charge is 0.492 e. The van der Waals surface area contributed by atoms with Crippen molar-refractivity contribution in [3.05, 3.63) is 29.3 Å². The summed E-state index contributed by atoms with van der Waals surface area (Å²) in [5.41, 5.74) is -3.19. The van der Waals surface area contributed by atoms with Crippen molar-refractivity contribution < 1.29 is 70.7 Å². The summed E-state index contributed by atoms with van der Waals surface area (Å²) >= 11 is 0. The third-order valence-corrected chi connectivity index (χ3v) is 5.14. The minimum atomic E-state index is -5.09. The lowest BCUT2D eigenvalue weighted by atomic mass is 10.1. The van der Waals surface area contributed by atoms with Crippen LogP contribution in [0.5, 0.6) is 5.75 Å². The van der Waals surface area contributed by atoms with Crippen molar-refractivity contribution in [3.8, 4) is 5.75 Å². The zero-order valence-corrected chi connectivity index (χ0v) is 20.7. The highest BCUT2D eigenvalue weighted by Crippen LogP contribution is 2.38. The molecular weight excluding hydrogens is 564 g/mol. The van der Waals surface area contributed by atoms with Crippen LogP contribution in [-0.4, -0.2) is 125 Å². The number of carboxylic acids is 4. The monoisotopic (exact) mass is 591 g/mol. The van der Waals surface area contributed by atoms with Crippen LogP contribution in [0.25, 0.3) is 0 Å². The van der Waals surface area contributed by atoms with Crippen molar-refractivity contribution in [1.29, 1.82) is 0 Å². The summed E-state index contributed by atoms with van der Waals surface area (Å²) in [5.74, 6) is -6.01. The minimum absolute atomic E-state index is 0.0747. The zero-order chi connectivity index (χ0) is 30.7. The second kappa shape index (κ2) is 15.2. The predicted octanol–water partition coefficient (Wildman–Crippen LogP) is 1.35. The van der Waals surface area contributed by atoms with Gasteiger partial charge in [0, 0.05) is 32.7 Å². The molecule has 0 aliphatic carbocycles. The van der Waals surface area contributed by atoms with Crippen LogP contribution in [0.4, 0.5) is 26.3 Å². The molecule has 18 heteroatoms. The number of carboxylic acid groups (broad SMARTS) is 4. The molecule has 0 aliphatic heterocycles. The summed E-state index contributed by atoms with van der Waals surface area (Å²) in [6.07, 6.45) is -10.2. The van der Waals surface area contributed by atoms with Crippen LogP contribution in [0, 0.1) is 0 Å². The second-order valence-corrected chi connectivity index (χ2v) is 8.43. The van der Waals surface area contributed by atoms with Crippen molar-refractivity contribution in [2.45, 2.75) is 12.4 Å². The Morgan fingerprint density at radius 2 is 0.900 bits per heavy atom. The number of nitrogens with zero attached hydrogens (tertiary/aromatic N) is 3. The molecule has 1 aromatic carbocycles. The van der Waals surface area contributed by atoms with Gasteiger partial charge in [0.15, 0.2) is 0 Å². The highest BCUT2D eigenvalue weighted by molar-refractivity contribution is 5.72. The lowest BCUT2D eigenvalue weighted by Crippen LogP contribution is -2.45. The van der Waals surface area contributed by atoms with Crippen LogP contribution in [-0.2, 0) is 31.5 Å². The highest BCUT2D eigenvalue weighted by Gasteiger charge is 2.37. The van der Waals surface area contributed by atoms with Crippen LogP contribution < -0.4 is 4.74 Å². The van der Waals surface area contributed by atoms with Gasteiger partial charge >= 0.3 is 36.2 Å². The second-order valence-electron chi connectivity index (χ2n) is 8.43. The maximum atomic E-state index is 13.0. The Balaban J connectivity index is 2.90. The van der Waals surface area contributed by atoms with Gasteiger partial charge in [-0.15, -0.1) is 0 Å². The first-order valence-electron chi connectivity index (χ1n) is 11.3. The zero-order valence-electron chi connectivity index (χ0n) is 20.7. The molecule has 0 saturated carbocycles. The fourth-order valence-corrected chi connectivity index (χ4v) is 3.39. The molecule has 0 spiro atoms. The molecule has 1 aromatic rings. The van der Waals surface area contributed by atoms with Crippen LogP contribution in [0.2, 0.25) is 0 Å². The summed E-state index contributed by atoms with van der Waals surface area (Å²) in [5, 5.41) is 36.1. The minimum Gasteiger partial charge on any atom is -0.492 e. The third-order valence-electron chi connectivity index (χ3n) is 5.14. The van der Waals surface area contributed by atoms with Crippen LogP contribution in [0.3, 0.4) is 0 Å². The molecule has 0 atom stereocenters. The molecule has 0 saturated heterocycles. The van der Waals surface area contributed by atoms with E-state index in [0.29, 0.717) is 12.1 Å². The number of aliphatic carboxylic acids is 4. The highest BCUT2D eigenvalue weighted by atomic mass is 19.4. The Bertz CT molecular complexity index is 988. The first-order chi connectivity index (χ1) is 18.4. The summed E-state index contributed by atoms with van der Waals surface area (Å²) in [7, 11) is 0. The van der Waals surface area contributed by atoms with Crippen molar-refractivity contribution >= 4 is 23.9 Å². The topological polar surface area (TPSA) is 168 Å². The molecule has 0 amide bonds. The molecule has 0 fully saturated rings. The number of hydrogen-bond acceptors (Lipinski definition) is 8. The van der Waals surface area contributed by atoms with Crippen LogP contribution in [0.1, 0.15) is 11.1 Å². The first-order valence-corrected chi connectivity index (χ1v) is 11.3. The Labute approximate surface area is 222 Å². The number of hydrogen-bond donors (Lipinski definition) is 4. The average molecular weight is 591 g/mol. The first kappa shape index (κ1) is 34.4. The number of carbonyl (C=O) groups is 4. The van der Waals surface area contributed by atoms with Gasteiger partial charge in [-0.1, -0.05) is 0 Å². The van der Waals surface area contributed by atoms with E-state index in [1.54, 1.807) is 0 Å². The molecule has 0 bridgehead atoms. The quantitative estimate of drug-likeness (QED) is 0.181. The van der Waals surface area contributed by atoms with Crippen molar-refractivity contribution in [2.24, 2.45) is 0 Å². The van der Waals surface area contributed by atoms with Gasteiger partial charge in [0.05, 0.1) is 37.3 Å². The molecular formula is C22H27F6N3O9. The lowest BCUT2D eigenvalue weighted by molar-refractivity contribution is -0.144. The van der Waals surface area contributed by atoms with Crippen molar-refractivity contribution in [1.82, 2.24) is 14.7 Å². The van der Waals surface area contributed by atoms with Crippen molar-refractivity contribution in [3.63, 3.8) is 0 Å². The number of rotatable bonds is 18. The van der Waals surface area contributed by atoms with Gasteiger partial charge in [-0.05, 0) is 18.2 Å². The SMILES string of the molecule is O=C(O)CN(CCOc1cc(C(F)(F)F)cc(C(F)(F)F)c1)CCN(CCN(CC(=O)O)CC(=O)O)CC(=O)O. The maximum absolute atomic E-state index is 13.0. The fourth-order valence-electron chi connectivity index (χ4n) is 3.39. The lowest BCUT2D eigenvalue weighted by Gasteiger charge is -2.27. The number of halogens is 6. The van der Waals surface area contributed by atoms with E-state index in [1.165, 1.54) is 9.80 Å². The van der Waals surface area contributed by atoms with Gasteiger partial charge in [-0.25, -0.2) is 0 Å². The summed E-state index contributed by atoms with van der Waals surface area (Å²) in [6.45, 7) is -3.82. The molecule has 0 unspecified atom stereocenters. The smallest absolute Gasteiger partial charge is 0.416 e. The number of alkyl halides is 6. The van der Waals surface area contributed by atoms with Crippen molar-refractivity contribution in [2.75, 3.05) is 65.5 Å². The Morgan fingerprint density at radius 1 is 0.575 bits per heavy atom. The van der Waals surface area contributed by atoms with Gasteiger partial charge in [0.1, 0.15) is 12.4 Å². The van der Waals surface area contributed by atoms with E-state index in [1.807, 2.05) is 0 Å². The Hall–Kier alpha value is -3.64. The van der Waals surface area contributed by atoms with E-state index in [2.05, 4.69) is 0 Å². The van der Waals surface area contributed by atoms with Gasteiger partial charge in [-0.3, -0.25) is 33.9 Å². The Kier molecular flexibility index (Phi) is 13.1. The molecule has 1 rings (SSSR count). The predicted molar refractivity (Wildman–Crippen MR) is 122 cm³/mol. The average Bonchev–Trinajstić information content (AvgIpc) is 2.77. The molecule has 226 valence electrons. The number of benzene rings is 1. The van der Waals surface area contributed by atoms with Gasteiger partial charge < -0.3 is 25.2 Å². The maximum Gasteiger partial charge on any atom is 0.416 e. The Morgan fingerprint density at radius 3 is 1.25 bits per heavy atom. The summed E-state index contributed by atoms with van der Waals surface area (Å²) < 4.78 is 83.2. The van der Waals surface area contributed by atoms with Gasteiger partial charge in [0.25, 0.3) is 0 Å². The molecule has 4 N–H and O–H groups in total. The van der Waals surface area contributed by atoms with Gasteiger partial charge in [-0.2, -0.15) is 26.3 Å². The molecule has 0 heterocycles. The molecule has 12 nitrogen and oxygen atoms in total. The van der Waals surface area contributed by atoms with E-state index < -0.39 is 85.9 Å². The molecule has 0 aliphatic rings. The van der Waals surface area contributed by atoms with E-state index in [-0.39, 0.29) is 38.8 Å². The number of ether oxygens (including phenoxy) is 1. The molecule has 40 heavy (non-hydrogen) atoms. The fraction of sp³-hybridized carbons (Fsp3) is 0.545. The van der Waals surface area contributed by atoms with Gasteiger partial charge in [0.2, 0.25) is 0 Å². The van der Waals surface area contributed by atoms with E-state index >= 15 is 0 Å².